The van der Waals surface area contributed by atoms with Gasteiger partial charge < -0.3 is 19.8 Å². The number of morpholine rings is 1. The van der Waals surface area contributed by atoms with E-state index >= 15 is 0 Å². The number of carbonyl (C=O) groups excluding carboxylic acids is 2. The second-order valence-electron chi connectivity index (χ2n) is 8.65. The minimum atomic E-state index is -5.22. The Morgan fingerprint density at radius 3 is 2.68 bits per heavy atom. The SMILES string of the molecule is O=C1NCCc2c1cc(-c1ccnc(/C=C/c3cccc(F)c3N3CCOCC3)c1)n2OC(=O)C(F)(F)F. The number of halogens is 4. The molecule has 4 heterocycles. The second kappa shape index (κ2) is 10.3. The van der Waals surface area contributed by atoms with Crippen molar-refractivity contribution in [3.8, 4) is 11.3 Å². The number of anilines is 1. The molecule has 1 fully saturated rings. The van der Waals surface area contributed by atoms with Crippen LogP contribution in [0.15, 0.2) is 42.6 Å². The average molecular weight is 530 g/mol. The maximum Gasteiger partial charge on any atom is 0.493 e. The Balaban J connectivity index is 1.50. The first-order chi connectivity index (χ1) is 18.2. The summed E-state index contributed by atoms with van der Waals surface area (Å²) >= 11 is 0. The molecule has 0 radical (unpaired) electrons. The highest BCUT2D eigenvalue weighted by atomic mass is 19.4. The van der Waals surface area contributed by atoms with E-state index in [0.29, 0.717) is 48.8 Å². The van der Waals surface area contributed by atoms with Gasteiger partial charge in [0.1, 0.15) is 5.82 Å². The Hall–Kier alpha value is -4.19. The summed E-state index contributed by atoms with van der Waals surface area (Å²) in [7, 11) is 0. The maximum absolute atomic E-state index is 14.7. The zero-order valence-electron chi connectivity index (χ0n) is 19.9. The Morgan fingerprint density at radius 1 is 1.13 bits per heavy atom. The second-order valence-corrected chi connectivity index (χ2v) is 8.65. The van der Waals surface area contributed by atoms with Gasteiger partial charge in [-0.25, -0.2) is 9.18 Å². The molecular weight excluding hydrogens is 508 g/mol. The Bertz CT molecular complexity index is 1410. The van der Waals surface area contributed by atoms with Gasteiger partial charge in [0.05, 0.1) is 41.5 Å². The maximum atomic E-state index is 14.7. The van der Waals surface area contributed by atoms with Crippen LogP contribution in [-0.2, 0) is 16.0 Å². The van der Waals surface area contributed by atoms with Crippen LogP contribution in [0.5, 0.6) is 0 Å². The van der Waals surface area contributed by atoms with Crippen molar-refractivity contribution in [3.05, 3.63) is 70.9 Å². The van der Waals surface area contributed by atoms with E-state index in [1.54, 1.807) is 30.4 Å². The first-order valence-electron chi connectivity index (χ1n) is 11.8. The highest BCUT2D eigenvalue weighted by Gasteiger charge is 2.43. The Morgan fingerprint density at radius 2 is 1.92 bits per heavy atom. The fourth-order valence-electron chi connectivity index (χ4n) is 4.46. The predicted molar refractivity (Wildman–Crippen MR) is 130 cm³/mol. The molecular formula is C26H22F4N4O4. The molecule has 1 aromatic carbocycles. The van der Waals surface area contributed by atoms with Gasteiger partial charge in [-0.2, -0.15) is 17.9 Å². The molecule has 0 bridgehead atoms. The molecule has 1 amide bonds. The molecule has 3 aromatic rings. The van der Waals surface area contributed by atoms with Crippen molar-refractivity contribution in [2.24, 2.45) is 0 Å². The Labute approximate surface area is 214 Å². The molecule has 12 heteroatoms. The standard InChI is InChI=1S/C26H22F4N4O4/c27-20-3-1-2-16(23(20)33-10-12-37-13-11-33)4-5-18-14-17(6-8-31-18)22-15-19-21(7-9-32-24(19)35)34(22)38-25(36)26(28,29)30/h1-6,8,14-15H,7,9-13H2,(H,32,35)/b5-4+. The summed E-state index contributed by atoms with van der Waals surface area (Å²) < 4.78 is 59.8. The molecule has 2 aliphatic rings. The topological polar surface area (TPSA) is 85.7 Å². The van der Waals surface area contributed by atoms with Crippen molar-refractivity contribution in [2.45, 2.75) is 12.6 Å². The average Bonchev–Trinajstić information content (AvgIpc) is 3.27. The normalized spacial score (nSPS) is 15.9. The third-order valence-corrected chi connectivity index (χ3v) is 6.21. The largest absolute Gasteiger partial charge is 0.493 e. The van der Waals surface area contributed by atoms with Crippen LogP contribution in [0.1, 0.15) is 27.3 Å². The summed E-state index contributed by atoms with van der Waals surface area (Å²) in [4.78, 5) is 34.9. The number of hydrogen-bond acceptors (Lipinski definition) is 6. The molecule has 0 unspecified atom stereocenters. The van der Waals surface area contributed by atoms with Crippen LogP contribution in [0.25, 0.3) is 23.4 Å². The van der Waals surface area contributed by atoms with Crippen LogP contribution in [0, 0.1) is 5.82 Å². The van der Waals surface area contributed by atoms with E-state index in [9.17, 15) is 27.2 Å². The molecule has 0 saturated carbocycles. The van der Waals surface area contributed by atoms with Crippen molar-refractivity contribution in [1.82, 2.24) is 15.0 Å². The van der Waals surface area contributed by atoms with Gasteiger partial charge in [-0.05, 0) is 30.3 Å². The minimum Gasteiger partial charge on any atom is -0.378 e. The van der Waals surface area contributed by atoms with E-state index in [-0.39, 0.29) is 35.7 Å². The molecule has 1 N–H and O–H groups in total. The predicted octanol–water partition coefficient (Wildman–Crippen LogP) is 3.50. The highest BCUT2D eigenvalue weighted by molar-refractivity contribution is 5.98. The fraction of sp³-hybridized carbons (Fsp3) is 0.269. The van der Waals surface area contributed by atoms with Crippen LogP contribution in [0.3, 0.4) is 0 Å². The quantitative estimate of drug-likeness (QED) is 0.509. The molecule has 1 saturated heterocycles. The lowest BCUT2D eigenvalue weighted by atomic mass is 10.1. The molecule has 198 valence electrons. The molecule has 2 aromatic heterocycles. The Kier molecular flexibility index (Phi) is 6.89. The summed E-state index contributed by atoms with van der Waals surface area (Å²) in [5.74, 6) is -3.26. The number of alkyl halides is 3. The number of pyridine rings is 1. The number of nitrogens with one attached hydrogen (secondary N) is 1. The molecule has 0 aliphatic carbocycles. The molecule has 38 heavy (non-hydrogen) atoms. The number of rotatable bonds is 5. The zero-order valence-corrected chi connectivity index (χ0v) is 19.9. The van der Waals surface area contributed by atoms with Gasteiger partial charge in [0.25, 0.3) is 5.91 Å². The lowest BCUT2D eigenvalue weighted by molar-refractivity contribution is -0.199. The van der Waals surface area contributed by atoms with Gasteiger partial charge in [-0.3, -0.25) is 9.78 Å². The summed E-state index contributed by atoms with van der Waals surface area (Å²) in [5, 5.41) is 2.62. The number of para-hydroxylation sites is 1. The van der Waals surface area contributed by atoms with Crippen LogP contribution in [0.4, 0.5) is 23.2 Å². The highest BCUT2D eigenvalue weighted by Crippen LogP contribution is 2.30. The van der Waals surface area contributed by atoms with Crippen molar-refractivity contribution in [2.75, 3.05) is 37.7 Å². The summed E-state index contributed by atoms with van der Waals surface area (Å²) in [6, 6.07) is 9.22. The van der Waals surface area contributed by atoms with Crippen LogP contribution in [-0.4, -0.2) is 60.6 Å². The smallest absolute Gasteiger partial charge is 0.378 e. The van der Waals surface area contributed by atoms with E-state index in [1.165, 1.54) is 24.4 Å². The first-order valence-corrected chi connectivity index (χ1v) is 11.8. The lowest BCUT2D eigenvalue weighted by Gasteiger charge is -2.30. The number of benzene rings is 1. The molecule has 2 aliphatic heterocycles. The van der Waals surface area contributed by atoms with Gasteiger partial charge in [0.2, 0.25) is 0 Å². The summed E-state index contributed by atoms with van der Waals surface area (Å²) in [6.45, 7) is 2.24. The third kappa shape index (κ3) is 5.12. The summed E-state index contributed by atoms with van der Waals surface area (Å²) in [5.41, 5.74) is 2.20. The number of nitrogens with zero attached hydrogens (tertiary/aromatic N) is 3. The first kappa shape index (κ1) is 25.5. The van der Waals surface area contributed by atoms with Crippen molar-refractivity contribution < 1.29 is 36.7 Å². The van der Waals surface area contributed by atoms with Crippen molar-refractivity contribution >= 4 is 29.7 Å². The van der Waals surface area contributed by atoms with Gasteiger partial charge in [-0.15, -0.1) is 0 Å². The van der Waals surface area contributed by atoms with Gasteiger partial charge in [0.15, 0.2) is 0 Å². The van der Waals surface area contributed by atoms with E-state index in [1.807, 2.05) is 4.90 Å². The van der Waals surface area contributed by atoms with E-state index in [4.69, 9.17) is 9.57 Å². The molecule has 0 atom stereocenters. The summed E-state index contributed by atoms with van der Waals surface area (Å²) in [6.07, 6.45) is -0.273. The number of ether oxygens (including phenoxy) is 1. The molecule has 0 spiro atoms. The molecule has 8 nitrogen and oxygen atoms in total. The third-order valence-electron chi connectivity index (χ3n) is 6.21. The monoisotopic (exact) mass is 530 g/mol. The van der Waals surface area contributed by atoms with Crippen molar-refractivity contribution in [3.63, 3.8) is 0 Å². The van der Waals surface area contributed by atoms with E-state index in [0.717, 1.165) is 4.73 Å². The van der Waals surface area contributed by atoms with Crippen LogP contribution >= 0.6 is 0 Å². The number of aromatic nitrogens is 2. The number of hydrogen-bond donors (Lipinski definition) is 1. The van der Waals surface area contributed by atoms with Crippen LogP contribution < -0.4 is 15.1 Å². The van der Waals surface area contributed by atoms with E-state index < -0.39 is 18.1 Å². The number of carbonyl (C=O) groups is 2. The van der Waals surface area contributed by atoms with Gasteiger partial charge in [0, 0.05) is 43.4 Å². The van der Waals surface area contributed by atoms with Crippen LogP contribution in [0.2, 0.25) is 0 Å². The van der Waals surface area contributed by atoms with Gasteiger partial charge in [-0.1, -0.05) is 18.2 Å². The number of fused-ring (bicyclic) bond motifs is 1. The van der Waals surface area contributed by atoms with Crippen molar-refractivity contribution in [1.29, 1.82) is 0 Å². The zero-order chi connectivity index (χ0) is 26.9. The molecule has 5 rings (SSSR count). The lowest BCUT2D eigenvalue weighted by Crippen LogP contribution is -2.37. The fourth-order valence-corrected chi connectivity index (χ4v) is 4.46. The number of amides is 1. The van der Waals surface area contributed by atoms with E-state index in [2.05, 4.69) is 10.3 Å². The minimum absolute atomic E-state index is 0.0847. The van der Waals surface area contributed by atoms with Gasteiger partial charge >= 0.3 is 12.1 Å².